The van der Waals surface area contributed by atoms with Gasteiger partial charge in [0.1, 0.15) is 12.6 Å². The Morgan fingerprint density at radius 3 is 2.11 bits per heavy atom. The number of ether oxygens (including phenoxy) is 1. The molecule has 1 atom stereocenters. The van der Waals surface area contributed by atoms with Crippen molar-refractivity contribution in [2.45, 2.75) is 31.9 Å². The average molecular weight is 366 g/mol. The van der Waals surface area contributed by atoms with Gasteiger partial charge in [0.05, 0.1) is 0 Å². The van der Waals surface area contributed by atoms with E-state index in [2.05, 4.69) is 0 Å². The quantitative estimate of drug-likeness (QED) is 0.786. The zero-order chi connectivity index (χ0) is 19.1. The van der Waals surface area contributed by atoms with Crippen molar-refractivity contribution in [2.24, 2.45) is 0 Å². The second kappa shape index (κ2) is 9.21. The molecular weight excluding hydrogens is 340 g/mol. The lowest BCUT2D eigenvalue weighted by molar-refractivity contribution is -0.135. The Kier molecular flexibility index (Phi) is 6.47. The van der Waals surface area contributed by atoms with Gasteiger partial charge in [0.15, 0.2) is 0 Å². The van der Waals surface area contributed by atoms with Crippen LogP contribution in [-0.2, 0) is 22.6 Å². The first-order valence-electron chi connectivity index (χ1n) is 9.41. The van der Waals surface area contributed by atoms with Crippen LogP contribution in [0.5, 0.6) is 0 Å². The minimum Gasteiger partial charge on any atom is -0.445 e. The largest absolute Gasteiger partial charge is 0.445 e. The minimum absolute atomic E-state index is 0.00415. The highest BCUT2D eigenvalue weighted by atomic mass is 16.6. The fourth-order valence-electron chi connectivity index (χ4n) is 3.32. The molecule has 2 aromatic carbocycles. The van der Waals surface area contributed by atoms with Crippen molar-refractivity contribution in [2.75, 3.05) is 20.1 Å². The molecule has 0 spiro atoms. The topological polar surface area (TPSA) is 49.9 Å². The van der Waals surface area contributed by atoms with Crippen molar-refractivity contribution in [1.29, 1.82) is 0 Å². The van der Waals surface area contributed by atoms with Crippen molar-refractivity contribution in [3.8, 4) is 0 Å². The fourth-order valence-corrected chi connectivity index (χ4v) is 3.32. The summed E-state index contributed by atoms with van der Waals surface area (Å²) in [4.78, 5) is 28.9. The standard InChI is InChI=1S/C22H26N2O3/c1-23(22(26)27-17-19-12-6-3-7-13-19)20(16-18-10-4-2-5-11-18)21(25)24-14-8-9-15-24/h2-7,10-13,20H,8-9,14-17H2,1H3/t20-/m0/s1. The number of rotatable bonds is 6. The Balaban J connectivity index is 1.69. The normalized spacial score (nSPS) is 14.6. The monoisotopic (exact) mass is 366 g/mol. The average Bonchev–Trinajstić information content (AvgIpc) is 3.25. The summed E-state index contributed by atoms with van der Waals surface area (Å²) in [5.41, 5.74) is 1.95. The number of carbonyl (C=O) groups excluding carboxylic acids is 2. The molecule has 5 nitrogen and oxygen atoms in total. The van der Waals surface area contributed by atoms with Gasteiger partial charge in [-0.05, 0) is 24.0 Å². The SMILES string of the molecule is CN(C(=O)OCc1ccccc1)[C@@H](Cc1ccccc1)C(=O)N1CCCC1. The molecule has 5 heteroatoms. The van der Waals surface area contributed by atoms with Crippen LogP contribution >= 0.6 is 0 Å². The van der Waals surface area contributed by atoms with Gasteiger partial charge in [-0.25, -0.2) is 4.79 Å². The molecule has 1 heterocycles. The maximum atomic E-state index is 13.0. The zero-order valence-electron chi connectivity index (χ0n) is 15.7. The molecule has 2 aromatic rings. The zero-order valence-corrected chi connectivity index (χ0v) is 15.7. The van der Waals surface area contributed by atoms with Gasteiger partial charge in [0.25, 0.3) is 0 Å². The molecular formula is C22H26N2O3. The van der Waals surface area contributed by atoms with Gasteiger partial charge < -0.3 is 9.64 Å². The number of hydrogen-bond donors (Lipinski definition) is 0. The van der Waals surface area contributed by atoms with E-state index in [0.717, 1.165) is 37.1 Å². The van der Waals surface area contributed by atoms with E-state index in [4.69, 9.17) is 4.74 Å². The minimum atomic E-state index is -0.561. The molecule has 1 saturated heterocycles. The van der Waals surface area contributed by atoms with Crippen LogP contribution in [0, 0.1) is 0 Å². The van der Waals surface area contributed by atoms with Crippen LogP contribution in [-0.4, -0.2) is 48.0 Å². The van der Waals surface area contributed by atoms with Crippen LogP contribution in [0.15, 0.2) is 60.7 Å². The lowest BCUT2D eigenvalue weighted by Crippen LogP contribution is -2.49. The van der Waals surface area contributed by atoms with Crippen LogP contribution in [0.1, 0.15) is 24.0 Å². The van der Waals surface area contributed by atoms with Gasteiger partial charge >= 0.3 is 6.09 Å². The number of carbonyl (C=O) groups is 2. The predicted octanol–water partition coefficient (Wildman–Crippen LogP) is 3.49. The Hall–Kier alpha value is -2.82. The first-order valence-corrected chi connectivity index (χ1v) is 9.41. The van der Waals surface area contributed by atoms with Crippen LogP contribution < -0.4 is 0 Å². The second-order valence-electron chi connectivity index (χ2n) is 6.89. The Bertz CT molecular complexity index is 743. The molecule has 0 saturated carbocycles. The molecule has 1 aliphatic rings. The third-order valence-electron chi connectivity index (χ3n) is 4.94. The lowest BCUT2D eigenvalue weighted by atomic mass is 10.0. The van der Waals surface area contributed by atoms with E-state index < -0.39 is 12.1 Å². The van der Waals surface area contributed by atoms with Crippen molar-refractivity contribution >= 4 is 12.0 Å². The molecule has 0 aliphatic carbocycles. The molecule has 2 amide bonds. The van der Waals surface area contributed by atoms with Gasteiger partial charge in [0.2, 0.25) is 5.91 Å². The third-order valence-corrected chi connectivity index (χ3v) is 4.94. The molecule has 1 aliphatic heterocycles. The fraction of sp³-hybridized carbons (Fsp3) is 0.364. The summed E-state index contributed by atoms with van der Waals surface area (Å²) in [6.07, 6.45) is 2.04. The highest BCUT2D eigenvalue weighted by Gasteiger charge is 2.32. The molecule has 142 valence electrons. The van der Waals surface area contributed by atoms with E-state index in [1.165, 1.54) is 4.90 Å². The van der Waals surface area contributed by atoms with Crippen LogP contribution in [0.2, 0.25) is 0 Å². The molecule has 27 heavy (non-hydrogen) atoms. The van der Waals surface area contributed by atoms with Gasteiger partial charge in [-0.1, -0.05) is 60.7 Å². The Morgan fingerprint density at radius 1 is 0.963 bits per heavy atom. The maximum absolute atomic E-state index is 13.0. The van der Waals surface area contributed by atoms with Crippen LogP contribution in [0.3, 0.4) is 0 Å². The van der Waals surface area contributed by atoms with Gasteiger partial charge in [0, 0.05) is 26.6 Å². The number of likely N-dealkylation sites (N-methyl/N-ethyl adjacent to an activating group) is 1. The summed E-state index contributed by atoms with van der Waals surface area (Å²) in [6.45, 7) is 1.72. The smallest absolute Gasteiger partial charge is 0.410 e. The summed E-state index contributed by atoms with van der Waals surface area (Å²) in [7, 11) is 1.65. The molecule has 0 bridgehead atoms. The number of likely N-dealkylation sites (tertiary alicyclic amines) is 1. The lowest BCUT2D eigenvalue weighted by Gasteiger charge is -2.30. The Labute approximate surface area is 160 Å². The predicted molar refractivity (Wildman–Crippen MR) is 104 cm³/mol. The molecule has 0 radical (unpaired) electrons. The van der Waals surface area contributed by atoms with Gasteiger partial charge in [-0.2, -0.15) is 0 Å². The summed E-state index contributed by atoms with van der Waals surface area (Å²) < 4.78 is 5.44. The molecule has 0 unspecified atom stereocenters. The first-order chi connectivity index (χ1) is 13.1. The van der Waals surface area contributed by atoms with E-state index in [-0.39, 0.29) is 12.5 Å². The van der Waals surface area contributed by atoms with Crippen LogP contribution in [0.4, 0.5) is 4.79 Å². The van der Waals surface area contributed by atoms with Crippen molar-refractivity contribution in [3.63, 3.8) is 0 Å². The van der Waals surface area contributed by atoms with Crippen molar-refractivity contribution in [1.82, 2.24) is 9.80 Å². The van der Waals surface area contributed by atoms with E-state index >= 15 is 0 Å². The first kappa shape index (κ1) is 19.0. The molecule has 3 rings (SSSR count). The van der Waals surface area contributed by atoms with E-state index in [1.807, 2.05) is 65.6 Å². The third kappa shape index (κ3) is 5.09. The highest BCUT2D eigenvalue weighted by Crippen LogP contribution is 2.16. The van der Waals surface area contributed by atoms with E-state index in [0.29, 0.717) is 6.42 Å². The number of nitrogens with zero attached hydrogens (tertiary/aromatic N) is 2. The highest BCUT2D eigenvalue weighted by molar-refractivity contribution is 5.86. The molecule has 0 aromatic heterocycles. The van der Waals surface area contributed by atoms with E-state index in [1.54, 1.807) is 7.05 Å². The molecule has 0 N–H and O–H groups in total. The van der Waals surface area contributed by atoms with Crippen LogP contribution in [0.25, 0.3) is 0 Å². The van der Waals surface area contributed by atoms with Gasteiger partial charge in [-0.3, -0.25) is 9.69 Å². The van der Waals surface area contributed by atoms with E-state index in [9.17, 15) is 9.59 Å². The Morgan fingerprint density at radius 2 is 1.52 bits per heavy atom. The second-order valence-corrected chi connectivity index (χ2v) is 6.89. The summed E-state index contributed by atoms with van der Waals surface area (Å²) in [5.74, 6) is -0.00415. The number of amides is 2. The maximum Gasteiger partial charge on any atom is 0.410 e. The van der Waals surface area contributed by atoms with Crippen molar-refractivity contribution in [3.05, 3.63) is 71.8 Å². The van der Waals surface area contributed by atoms with Crippen molar-refractivity contribution < 1.29 is 14.3 Å². The van der Waals surface area contributed by atoms with Gasteiger partial charge in [-0.15, -0.1) is 0 Å². The number of hydrogen-bond acceptors (Lipinski definition) is 3. The summed E-state index contributed by atoms with van der Waals surface area (Å²) in [6, 6.07) is 18.8. The molecule has 1 fully saturated rings. The number of benzene rings is 2. The summed E-state index contributed by atoms with van der Waals surface area (Å²) in [5, 5.41) is 0. The summed E-state index contributed by atoms with van der Waals surface area (Å²) >= 11 is 0.